The summed E-state index contributed by atoms with van der Waals surface area (Å²) < 4.78 is 79.1. The standard InChI is InChI=1S/C24H25F4N5O3S/c1-4-17-13-16(14-19(25)22(17)31-37(3,35)36)15-29-21(34)8-6-18-5-7-20(24(26,27)28)30-23(18)33-11-9-32(2)10-12-33/h1,5-8,13-14,31H,9-12,15H2,2-3H3,(H,29,34)/b8-6-. The number of nitrogens with zero attached hydrogens (tertiary/aromatic N) is 3. The summed E-state index contributed by atoms with van der Waals surface area (Å²) in [6.45, 7) is 2.12. The Kier molecular flexibility index (Phi) is 8.45. The molecule has 0 bridgehead atoms. The highest BCUT2D eigenvalue weighted by atomic mass is 32.2. The average molecular weight is 540 g/mol. The number of sulfonamides is 1. The first-order valence-electron chi connectivity index (χ1n) is 11.0. The van der Waals surface area contributed by atoms with Gasteiger partial charge in [0.1, 0.15) is 17.3 Å². The van der Waals surface area contributed by atoms with Gasteiger partial charge in [-0.15, -0.1) is 6.42 Å². The van der Waals surface area contributed by atoms with Crippen LogP contribution in [0.4, 0.5) is 29.1 Å². The van der Waals surface area contributed by atoms with Crippen LogP contribution < -0.4 is 14.9 Å². The molecule has 1 fully saturated rings. The molecule has 1 aliphatic rings. The van der Waals surface area contributed by atoms with Crippen molar-refractivity contribution in [2.45, 2.75) is 12.7 Å². The smallest absolute Gasteiger partial charge is 0.354 e. The Balaban J connectivity index is 1.76. The number of amides is 1. The van der Waals surface area contributed by atoms with Gasteiger partial charge >= 0.3 is 6.18 Å². The van der Waals surface area contributed by atoms with Crippen LogP contribution in [0.5, 0.6) is 0 Å². The van der Waals surface area contributed by atoms with Crippen LogP contribution in [0, 0.1) is 18.2 Å². The van der Waals surface area contributed by atoms with Gasteiger partial charge in [-0.3, -0.25) is 9.52 Å². The van der Waals surface area contributed by atoms with Crippen LogP contribution in [-0.4, -0.2) is 63.7 Å². The van der Waals surface area contributed by atoms with Crippen molar-refractivity contribution in [3.8, 4) is 12.3 Å². The highest BCUT2D eigenvalue weighted by Crippen LogP contribution is 2.31. The van der Waals surface area contributed by atoms with Gasteiger partial charge in [-0.1, -0.05) is 5.92 Å². The summed E-state index contributed by atoms with van der Waals surface area (Å²) in [5.41, 5.74) is -0.822. The molecular formula is C24H25F4N5O3S. The zero-order valence-corrected chi connectivity index (χ0v) is 20.9. The number of benzene rings is 1. The van der Waals surface area contributed by atoms with Crippen LogP contribution in [0.15, 0.2) is 30.3 Å². The molecule has 13 heteroatoms. The van der Waals surface area contributed by atoms with Gasteiger partial charge in [0, 0.05) is 44.4 Å². The van der Waals surface area contributed by atoms with E-state index in [1.54, 1.807) is 4.90 Å². The van der Waals surface area contributed by atoms with E-state index in [-0.39, 0.29) is 29.2 Å². The molecule has 0 radical (unpaired) electrons. The fraction of sp³-hybridized carbons (Fsp3) is 0.333. The summed E-state index contributed by atoms with van der Waals surface area (Å²) in [6, 6.07) is 4.50. The van der Waals surface area contributed by atoms with Gasteiger partial charge in [-0.2, -0.15) is 13.2 Å². The van der Waals surface area contributed by atoms with Crippen molar-refractivity contribution >= 4 is 33.5 Å². The lowest BCUT2D eigenvalue weighted by atomic mass is 10.1. The molecule has 198 valence electrons. The Hall–Kier alpha value is -3.63. The Morgan fingerprint density at radius 2 is 1.89 bits per heavy atom. The van der Waals surface area contributed by atoms with Crippen molar-refractivity contribution in [3.63, 3.8) is 0 Å². The summed E-state index contributed by atoms with van der Waals surface area (Å²) >= 11 is 0. The molecule has 1 aromatic heterocycles. The largest absolute Gasteiger partial charge is 0.433 e. The highest BCUT2D eigenvalue weighted by molar-refractivity contribution is 7.92. The fourth-order valence-electron chi connectivity index (χ4n) is 3.60. The number of piperazine rings is 1. The molecule has 1 amide bonds. The maximum atomic E-state index is 14.4. The van der Waals surface area contributed by atoms with Gasteiger partial charge in [0.25, 0.3) is 0 Å². The molecular weight excluding hydrogens is 514 g/mol. The van der Waals surface area contributed by atoms with Crippen LogP contribution in [0.2, 0.25) is 0 Å². The molecule has 2 N–H and O–H groups in total. The lowest BCUT2D eigenvalue weighted by Gasteiger charge is -2.34. The van der Waals surface area contributed by atoms with E-state index in [4.69, 9.17) is 6.42 Å². The second kappa shape index (κ2) is 11.2. The third-order valence-corrected chi connectivity index (χ3v) is 6.05. The van der Waals surface area contributed by atoms with E-state index in [0.717, 1.165) is 24.5 Å². The first kappa shape index (κ1) is 27.9. The van der Waals surface area contributed by atoms with Crippen molar-refractivity contribution in [3.05, 3.63) is 58.5 Å². The fourth-order valence-corrected chi connectivity index (χ4v) is 4.18. The lowest BCUT2D eigenvalue weighted by molar-refractivity contribution is -0.141. The SMILES string of the molecule is C#Cc1cc(CNC(=O)/C=C\c2ccc(C(F)(F)F)nc2N2CCN(C)CC2)cc(F)c1NS(C)(=O)=O. The molecule has 37 heavy (non-hydrogen) atoms. The number of nitrogens with one attached hydrogen (secondary N) is 2. The maximum Gasteiger partial charge on any atom is 0.433 e. The van der Waals surface area contributed by atoms with Gasteiger partial charge in [0.05, 0.1) is 17.5 Å². The summed E-state index contributed by atoms with van der Waals surface area (Å²) in [4.78, 5) is 20.0. The van der Waals surface area contributed by atoms with Crippen molar-refractivity contribution in [1.29, 1.82) is 0 Å². The Morgan fingerprint density at radius 1 is 1.22 bits per heavy atom. The molecule has 2 aromatic rings. The number of carbonyl (C=O) groups is 1. The van der Waals surface area contributed by atoms with E-state index >= 15 is 0 Å². The van der Waals surface area contributed by atoms with Gasteiger partial charge in [-0.25, -0.2) is 17.8 Å². The number of pyridine rings is 1. The molecule has 0 aliphatic carbocycles. The minimum atomic E-state index is -4.61. The minimum Gasteiger partial charge on any atom is -0.354 e. The quantitative estimate of drug-likeness (QED) is 0.319. The van der Waals surface area contributed by atoms with Gasteiger partial charge in [-0.05, 0) is 43.0 Å². The van der Waals surface area contributed by atoms with Crippen LogP contribution in [-0.2, 0) is 27.5 Å². The molecule has 0 spiro atoms. The third kappa shape index (κ3) is 7.68. The Labute approximate surface area is 212 Å². The van der Waals surface area contributed by atoms with Crippen LogP contribution in [0.3, 0.4) is 0 Å². The van der Waals surface area contributed by atoms with Crippen molar-refractivity contribution in [1.82, 2.24) is 15.2 Å². The number of terminal acetylenes is 1. The Morgan fingerprint density at radius 3 is 2.49 bits per heavy atom. The molecule has 1 saturated heterocycles. The number of anilines is 2. The molecule has 3 rings (SSSR count). The van der Waals surface area contributed by atoms with E-state index in [1.807, 2.05) is 16.7 Å². The average Bonchev–Trinajstić information content (AvgIpc) is 2.82. The van der Waals surface area contributed by atoms with Crippen molar-refractivity contribution in [2.24, 2.45) is 0 Å². The number of alkyl halides is 3. The molecule has 1 aromatic carbocycles. The molecule has 0 unspecified atom stereocenters. The van der Waals surface area contributed by atoms with E-state index < -0.39 is 33.6 Å². The van der Waals surface area contributed by atoms with E-state index in [0.29, 0.717) is 31.7 Å². The number of carbonyl (C=O) groups excluding carboxylic acids is 1. The third-order valence-electron chi connectivity index (χ3n) is 5.47. The highest BCUT2D eigenvalue weighted by Gasteiger charge is 2.33. The van der Waals surface area contributed by atoms with Crippen LogP contribution in [0.1, 0.15) is 22.4 Å². The number of likely N-dealkylation sites (N-methyl/N-ethyl adjacent to an activating group) is 1. The molecule has 0 atom stereocenters. The predicted molar refractivity (Wildman–Crippen MR) is 133 cm³/mol. The first-order chi connectivity index (χ1) is 17.3. The number of halogens is 4. The zero-order valence-electron chi connectivity index (χ0n) is 20.1. The predicted octanol–water partition coefficient (Wildman–Crippen LogP) is 2.67. The number of hydrogen-bond donors (Lipinski definition) is 2. The monoisotopic (exact) mass is 539 g/mol. The molecule has 2 heterocycles. The van der Waals surface area contributed by atoms with E-state index in [2.05, 4.69) is 16.2 Å². The second-order valence-electron chi connectivity index (χ2n) is 8.47. The van der Waals surface area contributed by atoms with E-state index in [1.165, 1.54) is 18.2 Å². The summed E-state index contributed by atoms with van der Waals surface area (Å²) in [7, 11) is -1.85. The van der Waals surface area contributed by atoms with Crippen molar-refractivity contribution < 1.29 is 30.8 Å². The maximum absolute atomic E-state index is 14.4. The minimum absolute atomic E-state index is 0.0436. The summed E-state index contributed by atoms with van der Waals surface area (Å²) in [5, 5.41) is 2.54. The van der Waals surface area contributed by atoms with Gasteiger partial charge < -0.3 is 15.1 Å². The van der Waals surface area contributed by atoms with E-state index in [9.17, 15) is 30.8 Å². The molecule has 8 nitrogen and oxygen atoms in total. The number of aromatic nitrogens is 1. The van der Waals surface area contributed by atoms with Crippen molar-refractivity contribution in [2.75, 3.05) is 49.1 Å². The molecule has 1 aliphatic heterocycles. The van der Waals surface area contributed by atoms with Gasteiger partial charge in [0.15, 0.2) is 0 Å². The normalized spacial score (nSPS) is 15.0. The number of rotatable bonds is 7. The van der Waals surface area contributed by atoms with Crippen LogP contribution in [0.25, 0.3) is 6.08 Å². The number of hydrogen-bond acceptors (Lipinski definition) is 6. The summed E-state index contributed by atoms with van der Waals surface area (Å²) in [5.74, 6) is 0.826. The van der Waals surface area contributed by atoms with Gasteiger partial charge in [0.2, 0.25) is 15.9 Å². The summed E-state index contributed by atoms with van der Waals surface area (Å²) in [6.07, 6.45) is 4.11. The Bertz CT molecular complexity index is 1350. The second-order valence-corrected chi connectivity index (χ2v) is 10.2. The molecule has 0 saturated carbocycles. The zero-order chi connectivity index (χ0) is 27.4. The topological polar surface area (TPSA) is 94.6 Å². The van der Waals surface area contributed by atoms with Crippen LogP contribution >= 0.6 is 0 Å². The first-order valence-corrected chi connectivity index (χ1v) is 12.9. The lowest BCUT2D eigenvalue weighted by Crippen LogP contribution is -2.45.